The molecule has 3 aromatic carbocycles. The number of nitrogens with zero attached hydrogens (tertiary/aromatic N) is 4. The van der Waals surface area contributed by atoms with Gasteiger partial charge in [-0.2, -0.15) is 0 Å². The van der Waals surface area contributed by atoms with E-state index in [-0.39, 0.29) is 27.9 Å². The molecule has 0 aliphatic carbocycles. The van der Waals surface area contributed by atoms with Crippen molar-refractivity contribution in [3.05, 3.63) is 121 Å². The molecule has 0 radical (unpaired) electrons. The molecule has 0 spiro atoms. The van der Waals surface area contributed by atoms with Crippen LogP contribution in [0.5, 0.6) is 11.5 Å². The predicted molar refractivity (Wildman–Crippen MR) is 158 cm³/mol. The van der Waals surface area contributed by atoms with E-state index in [2.05, 4.69) is 5.32 Å². The zero-order chi connectivity index (χ0) is 31.0. The summed E-state index contributed by atoms with van der Waals surface area (Å²) >= 11 is 5.15. The zero-order valence-electron chi connectivity index (χ0n) is 22.4. The van der Waals surface area contributed by atoms with Gasteiger partial charge in [-0.15, -0.1) is 0 Å². The van der Waals surface area contributed by atoms with Gasteiger partial charge in [0.2, 0.25) is 5.75 Å². The number of halogens is 1. The van der Waals surface area contributed by atoms with Gasteiger partial charge in [0.15, 0.2) is 5.11 Å². The number of amides is 2. The minimum atomic E-state index is -0.773. The molecule has 1 fully saturated rings. The summed E-state index contributed by atoms with van der Waals surface area (Å²) in [6.45, 7) is 3.61. The Kier molecular flexibility index (Phi) is 7.53. The molecule has 1 aromatic heterocycles. The second-order valence-corrected chi connectivity index (χ2v) is 9.72. The molecule has 0 bridgehead atoms. The van der Waals surface area contributed by atoms with Gasteiger partial charge in [-0.3, -0.25) is 35.1 Å². The van der Waals surface area contributed by atoms with Gasteiger partial charge in [0.25, 0.3) is 17.5 Å². The lowest BCUT2D eigenvalue weighted by molar-refractivity contribution is -0.394. The van der Waals surface area contributed by atoms with Crippen molar-refractivity contribution in [2.24, 2.45) is 0 Å². The lowest BCUT2D eigenvalue weighted by Crippen LogP contribution is -2.54. The third-order valence-corrected chi connectivity index (χ3v) is 6.92. The van der Waals surface area contributed by atoms with Crippen molar-refractivity contribution >= 4 is 52.3 Å². The minimum absolute atomic E-state index is 0.0877. The van der Waals surface area contributed by atoms with E-state index >= 15 is 0 Å². The number of aromatic nitrogens is 1. The average molecular weight is 602 g/mol. The van der Waals surface area contributed by atoms with E-state index in [9.17, 15) is 34.2 Å². The Morgan fingerprint density at radius 2 is 1.65 bits per heavy atom. The molecule has 1 saturated heterocycles. The van der Waals surface area contributed by atoms with Gasteiger partial charge in [0.05, 0.1) is 21.6 Å². The van der Waals surface area contributed by atoms with Gasteiger partial charge in [-0.25, -0.2) is 9.29 Å². The lowest BCUT2D eigenvalue weighted by Gasteiger charge is -2.29. The van der Waals surface area contributed by atoms with E-state index in [1.165, 1.54) is 24.3 Å². The lowest BCUT2D eigenvalue weighted by atomic mass is 10.1. The summed E-state index contributed by atoms with van der Waals surface area (Å²) in [6, 6.07) is 17.0. The number of nitrogens with one attached hydrogen (secondary N) is 1. The van der Waals surface area contributed by atoms with E-state index < -0.39 is 38.9 Å². The number of benzene rings is 3. The van der Waals surface area contributed by atoms with Crippen molar-refractivity contribution in [2.75, 3.05) is 4.90 Å². The van der Waals surface area contributed by atoms with Crippen LogP contribution in [0.25, 0.3) is 11.8 Å². The van der Waals surface area contributed by atoms with E-state index in [1.54, 1.807) is 43.3 Å². The van der Waals surface area contributed by atoms with Crippen LogP contribution in [0.15, 0.2) is 78.4 Å². The first-order valence-electron chi connectivity index (χ1n) is 12.5. The van der Waals surface area contributed by atoms with Crippen LogP contribution in [0.4, 0.5) is 21.5 Å². The van der Waals surface area contributed by atoms with Gasteiger partial charge < -0.3 is 9.30 Å². The standard InChI is InChI=1S/C29H20FN5O7S/c1-16-13-18(14-22-27(36)31-29(43)33(28(22)37)24-6-4-3-5-23(24)30)17(2)32(16)19-7-10-21(11-8-19)42-26-12-9-20(34(38)39)15-25(26)35(40)41/h3-15H,1-2H3,(H,31,36,43)/b22-14+. The monoisotopic (exact) mass is 601 g/mol. The van der Waals surface area contributed by atoms with Gasteiger partial charge in [-0.05, 0) is 86.2 Å². The van der Waals surface area contributed by atoms with Gasteiger partial charge in [0.1, 0.15) is 17.1 Å². The van der Waals surface area contributed by atoms with Crippen LogP contribution < -0.4 is 15.0 Å². The molecule has 1 aliphatic heterocycles. The number of non-ortho nitro benzene ring substituents is 1. The largest absolute Gasteiger partial charge is 0.450 e. The van der Waals surface area contributed by atoms with Crippen molar-refractivity contribution in [3.8, 4) is 17.2 Å². The van der Waals surface area contributed by atoms with Crippen molar-refractivity contribution in [2.45, 2.75) is 13.8 Å². The fourth-order valence-corrected chi connectivity index (χ4v) is 4.91. The van der Waals surface area contributed by atoms with Crippen molar-refractivity contribution in [1.82, 2.24) is 9.88 Å². The number of anilines is 1. The number of nitro benzene ring substituents is 2. The van der Waals surface area contributed by atoms with Gasteiger partial charge in [0, 0.05) is 23.1 Å². The maximum Gasteiger partial charge on any atom is 0.318 e. The fraction of sp³-hybridized carbons (Fsp3) is 0.0690. The highest BCUT2D eigenvalue weighted by Gasteiger charge is 2.36. The molecule has 0 unspecified atom stereocenters. The first kappa shape index (κ1) is 28.8. The summed E-state index contributed by atoms with van der Waals surface area (Å²) in [5, 5.41) is 24.6. The highest BCUT2D eigenvalue weighted by atomic mass is 32.1. The topological polar surface area (TPSA) is 150 Å². The Morgan fingerprint density at radius 3 is 2.30 bits per heavy atom. The molecule has 0 saturated carbocycles. The second-order valence-electron chi connectivity index (χ2n) is 9.33. The molecule has 5 rings (SSSR count). The van der Waals surface area contributed by atoms with E-state index in [0.717, 1.165) is 28.8 Å². The minimum Gasteiger partial charge on any atom is -0.450 e. The SMILES string of the molecule is Cc1cc(/C=C2\C(=O)NC(=S)N(c3ccccc3F)C2=O)c(C)n1-c1ccc(Oc2ccc([N+](=O)[O-])cc2[N+](=O)[O-])cc1. The maximum absolute atomic E-state index is 14.5. The first-order valence-corrected chi connectivity index (χ1v) is 12.9. The Hall–Kier alpha value is -5.76. The first-order chi connectivity index (χ1) is 20.5. The molecule has 43 heavy (non-hydrogen) atoms. The van der Waals surface area contributed by atoms with Crippen LogP contribution in [0.2, 0.25) is 0 Å². The number of ether oxygens (including phenoxy) is 1. The van der Waals surface area contributed by atoms with E-state index in [0.29, 0.717) is 16.9 Å². The number of nitro groups is 2. The molecule has 12 nitrogen and oxygen atoms in total. The second kappa shape index (κ2) is 11.3. The molecule has 1 aliphatic rings. The summed E-state index contributed by atoms with van der Waals surface area (Å²) in [7, 11) is 0. The van der Waals surface area contributed by atoms with Gasteiger partial charge in [-0.1, -0.05) is 12.1 Å². The molecule has 2 amide bonds. The van der Waals surface area contributed by atoms with Crippen LogP contribution in [0.3, 0.4) is 0 Å². The van der Waals surface area contributed by atoms with Crippen molar-refractivity contribution in [1.29, 1.82) is 0 Å². The van der Waals surface area contributed by atoms with Crippen LogP contribution in [-0.2, 0) is 9.59 Å². The number of thiocarbonyl (C=S) groups is 1. The number of carbonyl (C=O) groups is 2. The third-order valence-electron chi connectivity index (χ3n) is 6.64. The Morgan fingerprint density at radius 1 is 0.953 bits per heavy atom. The number of para-hydroxylation sites is 1. The summed E-state index contributed by atoms with van der Waals surface area (Å²) in [5.41, 5.74) is 1.36. The normalized spacial score (nSPS) is 14.2. The van der Waals surface area contributed by atoms with Crippen molar-refractivity contribution < 1.29 is 28.6 Å². The summed E-state index contributed by atoms with van der Waals surface area (Å²) in [5.74, 6) is -2.08. The molecule has 1 N–H and O–H groups in total. The van der Waals surface area contributed by atoms with Crippen LogP contribution in [-0.4, -0.2) is 31.3 Å². The summed E-state index contributed by atoms with van der Waals surface area (Å²) in [6.07, 6.45) is 1.41. The van der Waals surface area contributed by atoms with Gasteiger partial charge >= 0.3 is 5.69 Å². The molecular formula is C29H20FN5O7S. The van der Waals surface area contributed by atoms with E-state index in [4.69, 9.17) is 17.0 Å². The van der Waals surface area contributed by atoms with Crippen LogP contribution in [0.1, 0.15) is 17.0 Å². The highest BCUT2D eigenvalue weighted by molar-refractivity contribution is 7.80. The highest BCUT2D eigenvalue weighted by Crippen LogP contribution is 2.35. The predicted octanol–water partition coefficient (Wildman–Crippen LogP) is 5.67. The number of hydrogen-bond donors (Lipinski definition) is 1. The Balaban J connectivity index is 1.44. The number of carbonyl (C=O) groups excluding carboxylic acids is 2. The molecular weight excluding hydrogens is 581 g/mol. The maximum atomic E-state index is 14.5. The molecule has 14 heteroatoms. The third kappa shape index (κ3) is 5.46. The number of aryl methyl sites for hydroxylation is 1. The Labute approximate surface area is 247 Å². The summed E-state index contributed by atoms with van der Waals surface area (Å²) in [4.78, 5) is 47.9. The fourth-order valence-electron chi connectivity index (χ4n) is 4.63. The zero-order valence-corrected chi connectivity index (χ0v) is 23.3. The Bertz CT molecular complexity index is 1880. The molecule has 4 aromatic rings. The average Bonchev–Trinajstić information content (AvgIpc) is 3.24. The van der Waals surface area contributed by atoms with Crippen molar-refractivity contribution in [3.63, 3.8) is 0 Å². The molecule has 2 heterocycles. The number of rotatable bonds is 7. The van der Waals surface area contributed by atoms with Crippen LogP contribution in [0, 0.1) is 39.9 Å². The van der Waals surface area contributed by atoms with Crippen LogP contribution >= 0.6 is 12.2 Å². The smallest absolute Gasteiger partial charge is 0.318 e. The quantitative estimate of drug-likeness (QED) is 0.0936. The summed E-state index contributed by atoms with van der Waals surface area (Å²) < 4.78 is 22.0. The number of hydrogen-bond acceptors (Lipinski definition) is 8. The van der Waals surface area contributed by atoms with E-state index in [1.807, 2.05) is 11.5 Å². The molecule has 0 atom stereocenters. The molecule has 216 valence electrons.